The van der Waals surface area contributed by atoms with Crippen LogP contribution in [0.1, 0.15) is 37.5 Å². The van der Waals surface area contributed by atoms with Crippen molar-refractivity contribution in [1.29, 1.82) is 5.41 Å². The van der Waals surface area contributed by atoms with Gasteiger partial charge in [0.15, 0.2) is 19.4 Å². The summed E-state index contributed by atoms with van der Waals surface area (Å²) >= 11 is 12.3. The third-order valence-electron chi connectivity index (χ3n) is 5.22. The van der Waals surface area contributed by atoms with Gasteiger partial charge in [0.2, 0.25) is 0 Å². The maximum absolute atomic E-state index is 13.9. The van der Waals surface area contributed by atoms with E-state index in [0.717, 1.165) is 37.1 Å². The summed E-state index contributed by atoms with van der Waals surface area (Å²) in [6.45, 7) is 3.46. The Bertz CT molecular complexity index is 1160. The maximum atomic E-state index is 13.9. The first-order valence-corrected chi connectivity index (χ1v) is 11.2. The van der Waals surface area contributed by atoms with Gasteiger partial charge in [-0.2, -0.15) is 5.10 Å². The molecular formula is C22H23BCl2FN6O2Y-. The molecule has 1 aliphatic heterocycles. The van der Waals surface area contributed by atoms with Crippen LogP contribution in [0.2, 0.25) is 10.0 Å². The number of hydrogen-bond donors (Lipinski definition) is 3. The largest absolute Gasteiger partial charge is 0.662 e. The number of nitrogens with zero attached hydrogens (tertiary/aromatic N) is 4. The van der Waals surface area contributed by atoms with E-state index in [9.17, 15) is 4.39 Å². The zero-order chi connectivity index (χ0) is 24.8. The SMILES string of the molecule is C[C@@H](Oc1cc(-c2cnn(C3CC[N-]CC3)c2)cnc1N)c1c(Cl)ccc(F)c1Cl.[B]C(=N)O.[Y]. The number of benzene rings is 1. The van der Waals surface area contributed by atoms with Crippen LogP contribution in [0, 0.1) is 11.2 Å². The number of aliphatic hydroxyl groups excluding tert-OH is 1. The second kappa shape index (κ2) is 13.6. The number of rotatable bonds is 5. The molecule has 1 atom stereocenters. The Balaban J connectivity index is 0.000000804. The molecule has 0 aliphatic carbocycles. The van der Waals surface area contributed by atoms with Gasteiger partial charge in [0.05, 0.1) is 11.2 Å². The van der Waals surface area contributed by atoms with Gasteiger partial charge in [-0.25, -0.2) is 9.37 Å². The van der Waals surface area contributed by atoms with Crippen LogP contribution in [0.5, 0.6) is 5.75 Å². The molecule has 3 aromatic rings. The molecule has 13 heteroatoms. The molecule has 3 radical (unpaired) electrons. The number of nitrogen functional groups attached to an aromatic ring is 1. The summed E-state index contributed by atoms with van der Waals surface area (Å²) in [6, 6.07) is 4.81. The van der Waals surface area contributed by atoms with E-state index in [1.165, 1.54) is 12.1 Å². The summed E-state index contributed by atoms with van der Waals surface area (Å²) in [7, 11) is 4.25. The zero-order valence-electron chi connectivity index (χ0n) is 19.0. The van der Waals surface area contributed by atoms with Crippen LogP contribution in [0.15, 0.2) is 36.8 Å². The fourth-order valence-corrected chi connectivity index (χ4v) is 4.24. The Hall–Kier alpha value is -1.71. The predicted molar refractivity (Wildman–Crippen MR) is 133 cm³/mol. The van der Waals surface area contributed by atoms with Crippen molar-refractivity contribution in [3.8, 4) is 16.9 Å². The minimum absolute atomic E-state index is 0. The molecule has 2 aromatic heterocycles. The molecule has 4 rings (SSSR count). The summed E-state index contributed by atoms with van der Waals surface area (Å²) in [5, 5.41) is 22.4. The van der Waals surface area contributed by atoms with Crippen molar-refractivity contribution in [3.63, 3.8) is 0 Å². The van der Waals surface area contributed by atoms with Crippen LogP contribution in [0.3, 0.4) is 0 Å². The summed E-state index contributed by atoms with van der Waals surface area (Å²) in [6.07, 6.45) is 6.81. The third kappa shape index (κ3) is 7.89. The summed E-state index contributed by atoms with van der Waals surface area (Å²) in [5.41, 5.74) is 8.10. The van der Waals surface area contributed by atoms with Gasteiger partial charge in [0.1, 0.15) is 17.7 Å². The van der Waals surface area contributed by atoms with E-state index < -0.39 is 17.7 Å². The average molecular weight is 593 g/mol. The Morgan fingerprint density at radius 3 is 2.63 bits per heavy atom. The van der Waals surface area contributed by atoms with E-state index >= 15 is 0 Å². The molecule has 0 unspecified atom stereocenters. The summed E-state index contributed by atoms with van der Waals surface area (Å²) < 4.78 is 21.8. The Morgan fingerprint density at radius 1 is 1.31 bits per heavy atom. The molecule has 1 fully saturated rings. The Kier molecular flexibility index (Phi) is 11.4. The quantitative estimate of drug-likeness (QED) is 0.157. The maximum Gasteiger partial charge on any atom is 0.195 e. The molecule has 1 aromatic carbocycles. The molecule has 1 saturated heterocycles. The topological polar surface area (TPSA) is 124 Å². The number of piperidine rings is 1. The molecule has 3 heterocycles. The number of anilines is 1. The first kappa shape index (κ1) is 29.5. The van der Waals surface area contributed by atoms with Crippen molar-refractivity contribution in [1.82, 2.24) is 14.8 Å². The molecule has 0 saturated carbocycles. The van der Waals surface area contributed by atoms with Crippen molar-refractivity contribution in [2.75, 3.05) is 18.8 Å². The monoisotopic (exact) mass is 592 g/mol. The molecule has 35 heavy (non-hydrogen) atoms. The van der Waals surface area contributed by atoms with Gasteiger partial charge >= 0.3 is 0 Å². The number of hydrogen-bond acceptors (Lipinski definition) is 5. The number of aromatic nitrogens is 3. The Labute approximate surface area is 239 Å². The van der Waals surface area contributed by atoms with Crippen molar-refractivity contribution in [2.24, 2.45) is 0 Å². The third-order valence-corrected chi connectivity index (χ3v) is 5.94. The van der Waals surface area contributed by atoms with Crippen LogP contribution < -0.4 is 10.5 Å². The average Bonchev–Trinajstić information content (AvgIpc) is 3.29. The fourth-order valence-electron chi connectivity index (χ4n) is 3.56. The molecule has 1 aliphatic rings. The van der Waals surface area contributed by atoms with Crippen LogP contribution in [0.25, 0.3) is 16.4 Å². The standard InChI is InChI=1S/C21H21Cl2FN5O.CH2BNO.Y/c1-12(19-16(22)2-3-17(24)20(19)23)30-18-8-13(9-27-21(18)25)14-10-28-29(11-14)15-4-6-26-7-5-15;2-1(3)4;/h2-3,8-12,15H,4-7H2,1H3,(H2,25,27);(H2,3,4);/q-1;;/t12-;;/m1../s1. The summed E-state index contributed by atoms with van der Waals surface area (Å²) in [4.78, 5) is 4.25. The van der Waals surface area contributed by atoms with E-state index in [1.807, 2.05) is 10.9 Å². The van der Waals surface area contributed by atoms with E-state index in [2.05, 4.69) is 23.2 Å². The molecule has 181 valence electrons. The first-order valence-electron chi connectivity index (χ1n) is 10.4. The molecule has 0 bridgehead atoms. The smallest absolute Gasteiger partial charge is 0.195 e. The van der Waals surface area contributed by atoms with Crippen molar-refractivity contribution < 1.29 is 46.9 Å². The van der Waals surface area contributed by atoms with Gasteiger partial charge in [0, 0.05) is 72.9 Å². The van der Waals surface area contributed by atoms with Gasteiger partial charge in [0.25, 0.3) is 0 Å². The molecule has 0 spiro atoms. The van der Waals surface area contributed by atoms with Gasteiger partial charge in [-0.1, -0.05) is 23.2 Å². The minimum Gasteiger partial charge on any atom is -0.662 e. The minimum atomic E-state index is -0.833. The predicted octanol–water partition coefficient (Wildman–Crippen LogP) is 5.47. The number of halogens is 3. The van der Waals surface area contributed by atoms with Gasteiger partial charge in [-0.15, -0.1) is 13.1 Å². The van der Waals surface area contributed by atoms with E-state index in [4.69, 9.17) is 44.2 Å². The van der Waals surface area contributed by atoms with E-state index in [0.29, 0.717) is 22.4 Å². The molecule has 4 N–H and O–H groups in total. The normalized spacial score (nSPS) is 14.3. The van der Waals surface area contributed by atoms with Gasteiger partial charge in [-0.05, 0) is 38.0 Å². The number of pyridine rings is 1. The van der Waals surface area contributed by atoms with Crippen LogP contribution in [-0.4, -0.2) is 46.6 Å². The van der Waals surface area contributed by atoms with Crippen LogP contribution >= 0.6 is 23.2 Å². The van der Waals surface area contributed by atoms with Crippen LogP contribution in [0.4, 0.5) is 10.2 Å². The fraction of sp³-hybridized carbons (Fsp3) is 0.318. The number of ether oxygens (including phenoxy) is 1. The second-order valence-corrected chi connectivity index (χ2v) is 8.41. The molecule has 8 nitrogen and oxygen atoms in total. The Morgan fingerprint density at radius 2 is 1.97 bits per heavy atom. The van der Waals surface area contributed by atoms with Gasteiger partial charge < -0.3 is 20.9 Å². The first-order chi connectivity index (χ1) is 16.2. The van der Waals surface area contributed by atoms with Crippen LogP contribution in [-0.2, 0) is 32.7 Å². The molecular weight excluding hydrogens is 570 g/mol. The van der Waals surface area contributed by atoms with Crippen molar-refractivity contribution in [2.45, 2.75) is 31.9 Å². The number of nitrogens with two attached hydrogens (primary N) is 1. The zero-order valence-corrected chi connectivity index (χ0v) is 23.3. The second-order valence-electron chi connectivity index (χ2n) is 7.62. The van der Waals surface area contributed by atoms with Crippen molar-refractivity contribution in [3.05, 3.63) is 63.5 Å². The molecule has 0 amide bonds. The van der Waals surface area contributed by atoms with Gasteiger partial charge in [-0.3, -0.25) is 10.1 Å². The summed E-state index contributed by atoms with van der Waals surface area (Å²) in [5.74, 6) is -0.814. The van der Waals surface area contributed by atoms with Crippen molar-refractivity contribution >= 4 is 42.7 Å². The number of nitrogens with one attached hydrogen (secondary N) is 1. The number of aliphatic hydroxyl groups is 1. The van der Waals surface area contributed by atoms with E-state index in [1.54, 1.807) is 25.4 Å². The van der Waals surface area contributed by atoms with E-state index in [-0.39, 0.29) is 43.5 Å².